The molecule has 10 nitrogen and oxygen atoms in total. The number of hydrogen-bond acceptors (Lipinski definition) is 8. The Bertz CT molecular complexity index is 1940. The van der Waals surface area contributed by atoms with Crippen molar-refractivity contribution in [3.8, 4) is 5.75 Å². The average molecular weight is 723 g/mol. The van der Waals surface area contributed by atoms with Crippen LogP contribution in [-0.2, 0) is 53.1 Å². The predicted molar refractivity (Wildman–Crippen MR) is 158 cm³/mol. The molecule has 1 aliphatic rings. The van der Waals surface area contributed by atoms with E-state index in [0.29, 0.717) is 28.6 Å². The normalized spacial score (nSPS) is 15.7. The molecule has 0 saturated carbocycles. The first-order chi connectivity index (χ1) is 22.0. The van der Waals surface area contributed by atoms with Gasteiger partial charge in [0, 0.05) is 0 Å². The molecule has 4 rings (SSSR count). The monoisotopic (exact) mass is 722 g/mol. The highest BCUT2D eigenvalue weighted by atomic mass is 32.2. The molecule has 0 aliphatic carbocycles. The fourth-order valence-electron chi connectivity index (χ4n) is 4.60. The number of alkyl halides is 6. The van der Waals surface area contributed by atoms with E-state index >= 15 is 0 Å². The number of nitrogens with one attached hydrogen (secondary N) is 1. The Morgan fingerprint density at radius 2 is 1.42 bits per heavy atom. The molecule has 0 spiro atoms. The minimum Gasteiger partial charge on any atom is -0.486 e. The van der Waals surface area contributed by atoms with Crippen LogP contribution in [0.1, 0.15) is 43.9 Å². The number of rotatable bonds is 8. The Morgan fingerprint density at radius 3 is 1.98 bits per heavy atom. The maximum absolute atomic E-state index is 13.8. The van der Waals surface area contributed by atoms with E-state index < -0.39 is 89.9 Å². The number of hydrogen-bond donors (Lipinski definition) is 1. The van der Waals surface area contributed by atoms with Crippen molar-refractivity contribution >= 4 is 37.6 Å². The van der Waals surface area contributed by atoms with Gasteiger partial charge in [0.1, 0.15) is 17.5 Å². The molecule has 0 fully saturated rings. The maximum atomic E-state index is 13.8. The molecule has 260 valence electrons. The lowest BCUT2D eigenvalue weighted by atomic mass is 10.1. The fourth-order valence-corrected chi connectivity index (χ4v) is 7.19. The van der Waals surface area contributed by atoms with Crippen molar-refractivity contribution in [2.75, 3.05) is 10.8 Å². The van der Waals surface area contributed by atoms with Gasteiger partial charge >= 0.3 is 18.3 Å². The summed E-state index contributed by atoms with van der Waals surface area (Å²) in [5.74, 6) is -2.12. The Kier molecular flexibility index (Phi) is 9.85. The number of carbonyl (C=O) groups excluding carboxylic acids is 2. The molecule has 3 aromatic carbocycles. The molecule has 1 N–H and O–H groups in total. The number of amides is 1. The van der Waals surface area contributed by atoms with Crippen LogP contribution in [-0.4, -0.2) is 47.0 Å². The third kappa shape index (κ3) is 8.77. The van der Waals surface area contributed by atoms with E-state index in [2.05, 4.69) is 0 Å². The van der Waals surface area contributed by atoms with Crippen molar-refractivity contribution in [2.45, 2.75) is 67.5 Å². The summed E-state index contributed by atoms with van der Waals surface area (Å²) in [6, 6.07) is 9.40. The summed E-state index contributed by atoms with van der Waals surface area (Å²) >= 11 is 0. The van der Waals surface area contributed by atoms with Crippen molar-refractivity contribution in [2.24, 2.45) is 0 Å². The van der Waals surface area contributed by atoms with Gasteiger partial charge in [-0.05, 0) is 74.9 Å². The van der Waals surface area contributed by atoms with Crippen LogP contribution in [0.5, 0.6) is 5.75 Å². The van der Waals surface area contributed by atoms with E-state index in [-0.39, 0.29) is 23.4 Å². The van der Waals surface area contributed by atoms with Gasteiger partial charge in [0.05, 0.1) is 46.0 Å². The zero-order valence-electron chi connectivity index (χ0n) is 25.3. The van der Waals surface area contributed by atoms with Gasteiger partial charge in [-0.25, -0.2) is 21.6 Å². The number of sulfonamides is 2. The number of carbonyl (C=O) groups is 2. The van der Waals surface area contributed by atoms with Gasteiger partial charge in [-0.2, -0.15) is 26.3 Å². The number of fused-ring (bicyclic) bond motifs is 1. The molecule has 1 heterocycles. The SMILES string of the molecule is CC(C)(C)OC(=O)Cc1ccc2c(c1)N(S(=O)(=O)c1cccc(C(F)(F)F)c1)C[C@H](CC(=O)NS(=O)(=O)c1cccc(C(F)(F)F)c1)O2. The van der Waals surface area contributed by atoms with E-state index in [1.807, 2.05) is 0 Å². The van der Waals surface area contributed by atoms with E-state index in [1.165, 1.54) is 18.2 Å². The maximum Gasteiger partial charge on any atom is 0.416 e. The lowest BCUT2D eigenvalue weighted by Gasteiger charge is -2.35. The summed E-state index contributed by atoms with van der Waals surface area (Å²) in [5.41, 5.74) is -3.32. The molecule has 0 aromatic heterocycles. The second-order valence-corrected chi connectivity index (χ2v) is 15.2. The molecule has 0 saturated heterocycles. The van der Waals surface area contributed by atoms with Gasteiger partial charge in [0.15, 0.2) is 0 Å². The summed E-state index contributed by atoms with van der Waals surface area (Å²) < 4.78 is 146. The summed E-state index contributed by atoms with van der Waals surface area (Å²) in [6.07, 6.45) is -12.3. The van der Waals surface area contributed by atoms with Crippen molar-refractivity contribution in [3.63, 3.8) is 0 Å². The average Bonchev–Trinajstić information content (AvgIpc) is 2.95. The van der Waals surface area contributed by atoms with Crippen molar-refractivity contribution in [1.82, 2.24) is 4.72 Å². The predicted octanol–water partition coefficient (Wildman–Crippen LogP) is 5.46. The number of esters is 1. The zero-order valence-corrected chi connectivity index (χ0v) is 27.0. The number of ether oxygens (including phenoxy) is 2. The first kappa shape index (κ1) is 36.5. The van der Waals surface area contributed by atoms with Crippen LogP contribution < -0.4 is 13.8 Å². The van der Waals surface area contributed by atoms with Crippen LogP contribution in [0.3, 0.4) is 0 Å². The van der Waals surface area contributed by atoms with Gasteiger partial charge in [-0.3, -0.25) is 13.9 Å². The van der Waals surface area contributed by atoms with Crippen LogP contribution >= 0.6 is 0 Å². The summed E-state index contributed by atoms with van der Waals surface area (Å²) in [6.45, 7) is 4.20. The molecule has 18 heteroatoms. The van der Waals surface area contributed by atoms with Crippen LogP contribution in [0.15, 0.2) is 76.5 Å². The van der Waals surface area contributed by atoms with Gasteiger partial charge < -0.3 is 9.47 Å². The van der Waals surface area contributed by atoms with Crippen LogP contribution in [0.4, 0.5) is 32.0 Å². The first-order valence-electron chi connectivity index (χ1n) is 13.9. The van der Waals surface area contributed by atoms with Gasteiger partial charge in [-0.15, -0.1) is 0 Å². The summed E-state index contributed by atoms with van der Waals surface area (Å²) in [4.78, 5) is 23.6. The van der Waals surface area contributed by atoms with E-state index in [4.69, 9.17) is 9.47 Å². The lowest BCUT2D eigenvalue weighted by Crippen LogP contribution is -2.46. The molecule has 0 unspecified atom stereocenters. The Hall–Kier alpha value is -4.32. The van der Waals surface area contributed by atoms with E-state index in [9.17, 15) is 52.8 Å². The third-order valence-corrected chi connectivity index (χ3v) is 9.75. The lowest BCUT2D eigenvalue weighted by molar-refractivity contribution is -0.154. The van der Waals surface area contributed by atoms with Crippen LogP contribution in [0.2, 0.25) is 0 Å². The van der Waals surface area contributed by atoms with Gasteiger partial charge in [0.2, 0.25) is 5.91 Å². The molecule has 3 aromatic rings. The smallest absolute Gasteiger partial charge is 0.416 e. The molecule has 48 heavy (non-hydrogen) atoms. The van der Waals surface area contributed by atoms with Crippen molar-refractivity contribution in [3.05, 3.63) is 83.4 Å². The van der Waals surface area contributed by atoms with Crippen LogP contribution in [0, 0.1) is 0 Å². The highest BCUT2D eigenvalue weighted by molar-refractivity contribution is 7.92. The Morgan fingerprint density at radius 1 is 0.854 bits per heavy atom. The molecular weight excluding hydrogens is 694 g/mol. The third-order valence-electron chi connectivity index (χ3n) is 6.61. The second-order valence-electron chi connectivity index (χ2n) is 11.6. The molecule has 0 bridgehead atoms. The topological polar surface area (TPSA) is 136 Å². The number of halogens is 6. The highest BCUT2D eigenvalue weighted by Gasteiger charge is 2.38. The molecule has 1 aliphatic heterocycles. The van der Waals surface area contributed by atoms with Gasteiger partial charge in [0.25, 0.3) is 20.0 Å². The highest BCUT2D eigenvalue weighted by Crippen LogP contribution is 2.40. The minimum atomic E-state index is -4.89. The first-order valence-corrected chi connectivity index (χ1v) is 16.8. The number of benzene rings is 3. The summed E-state index contributed by atoms with van der Waals surface area (Å²) in [7, 11) is -9.64. The fraction of sp³-hybridized carbons (Fsp3) is 0.333. The standard InChI is InChI=1S/C30H28F6N2O8S2/c1-28(2,3)46-27(40)13-18-10-11-25-24(12-18)38(48(43,44)23-9-5-7-20(15-23)30(34,35)36)17-21(45-25)16-26(39)37-47(41,42)22-8-4-6-19(14-22)29(31,32)33/h4-12,14-15,21H,13,16-17H2,1-3H3,(H,37,39)/t21-/m0/s1. The second kappa shape index (κ2) is 12.9. The van der Waals surface area contributed by atoms with Crippen molar-refractivity contribution < 1.29 is 62.2 Å². The van der Waals surface area contributed by atoms with Crippen molar-refractivity contribution in [1.29, 1.82) is 0 Å². The molecule has 0 radical (unpaired) electrons. The zero-order chi connectivity index (χ0) is 35.9. The molecule has 1 atom stereocenters. The van der Waals surface area contributed by atoms with E-state index in [1.54, 1.807) is 25.5 Å². The quantitative estimate of drug-likeness (QED) is 0.239. The minimum absolute atomic E-state index is 0.178. The Balaban J connectivity index is 1.66. The molecular formula is C30H28F6N2O8S2. The number of anilines is 1. The molecule has 1 amide bonds. The van der Waals surface area contributed by atoms with Crippen LogP contribution in [0.25, 0.3) is 0 Å². The summed E-state index contributed by atoms with van der Waals surface area (Å²) in [5, 5.41) is 0. The number of nitrogens with zero attached hydrogens (tertiary/aromatic N) is 1. The van der Waals surface area contributed by atoms with Gasteiger partial charge in [-0.1, -0.05) is 18.2 Å². The van der Waals surface area contributed by atoms with E-state index in [0.717, 1.165) is 24.3 Å². The Labute approximate surface area is 271 Å². The largest absolute Gasteiger partial charge is 0.486 e.